The number of rotatable bonds is 2. The number of amides is 1. The lowest BCUT2D eigenvalue weighted by Gasteiger charge is -2.33. The van der Waals surface area contributed by atoms with Crippen LogP contribution in [0.2, 0.25) is 0 Å². The number of hydrogen-bond acceptors (Lipinski definition) is 4. The number of nitrogens with two attached hydrogens (primary N) is 1. The second-order valence-corrected chi connectivity index (χ2v) is 6.28. The SMILES string of the molecule is Cc1cc(O)ccc1C(=O)N1CCN(S(N)(=O)=O)CC1. The average molecular weight is 299 g/mol. The lowest BCUT2D eigenvalue weighted by Crippen LogP contribution is -2.52. The molecule has 1 saturated heterocycles. The van der Waals surface area contributed by atoms with Gasteiger partial charge in [-0.2, -0.15) is 12.7 Å². The number of aryl methyl sites for hydroxylation is 1. The first-order valence-electron chi connectivity index (χ1n) is 6.16. The van der Waals surface area contributed by atoms with Crippen LogP contribution in [0.15, 0.2) is 18.2 Å². The summed E-state index contributed by atoms with van der Waals surface area (Å²) in [4.78, 5) is 13.9. The Bertz CT molecular complexity index is 622. The fourth-order valence-electron chi connectivity index (χ4n) is 2.20. The van der Waals surface area contributed by atoms with Gasteiger partial charge < -0.3 is 10.0 Å². The van der Waals surface area contributed by atoms with E-state index in [0.29, 0.717) is 24.2 Å². The maximum Gasteiger partial charge on any atom is 0.277 e. The molecule has 0 spiro atoms. The van der Waals surface area contributed by atoms with Gasteiger partial charge in [-0.1, -0.05) is 0 Å². The number of phenols is 1. The third-order valence-electron chi connectivity index (χ3n) is 3.33. The van der Waals surface area contributed by atoms with Crippen molar-refractivity contribution in [2.45, 2.75) is 6.92 Å². The number of hydrogen-bond donors (Lipinski definition) is 2. The summed E-state index contributed by atoms with van der Waals surface area (Å²) in [5.74, 6) is -0.0605. The van der Waals surface area contributed by atoms with Gasteiger partial charge in [0, 0.05) is 31.7 Å². The van der Waals surface area contributed by atoms with Gasteiger partial charge in [-0.15, -0.1) is 0 Å². The number of nitrogens with zero attached hydrogens (tertiary/aromatic N) is 2. The Labute approximate surface area is 117 Å². The lowest BCUT2D eigenvalue weighted by atomic mass is 10.1. The molecular formula is C12H17N3O4S. The summed E-state index contributed by atoms with van der Waals surface area (Å²) in [6, 6.07) is 4.55. The maximum absolute atomic E-state index is 12.3. The molecule has 0 aliphatic carbocycles. The first-order valence-corrected chi connectivity index (χ1v) is 7.66. The van der Waals surface area contributed by atoms with Crippen molar-refractivity contribution in [1.29, 1.82) is 0 Å². The van der Waals surface area contributed by atoms with Crippen molar-refractivity contribution in [1.82, 2.24) is 9.21 Å². The van der Waals surface area contributed by atoms with E-state index in [0.717, 1.165) is 4.31 Å². The first-order chi connectivity index (χ1) is 9.29. The van der Waals surface area contributed by atoms with E-state index < -0.39 is 10.2 Å². The monoisotopic (exact) mass is 299 g/mol. The number of phenolic OH excluding ortho intramolecular Hbond substituents is 1. The molecule has 20 heavy (non-hydrogen) atoms. The van der Waals surface area contributed by atoms with Gasteiger partial charge in [0.05, 0.1) is 0 Å². The van der Waals surface area contributed by atoms with Crippen molar-refractivity contribution < 1.29 is 18.3 Å². The number of carbonyl (C=O) groups is 1. The molecule has 8 heteroatoms. The van der Waals surface area contributed by atoms with Gasteiger partial charge in [-0.25, -0.2) is 5.14 Å². The molecule has 7 nitrogen and oxygen atoms in total. The minimum atomic E-state index is -3.69. The number of carbonyl (C=O) groups excluding carboxylic acids is 1. The van der Waals surface area contributed by atoms with Crippen molar-refractivity contribution in [3.8, 4) is 5.75 Å². The van der Waals surface area contributed by atoms with E-state index in [1.807, 2.05) is 0 Å². The summed E-state index contributed by atoms with van der Waals surface area (Å²) in [6.07, 6.45) is 0. The zero-order valence-electron chi connectivity index (χ0n) is 11.1. The maximum atomic E-state index is 12.3. The Morgan fingerprint density at radius 2 is 1.85 bits per heavy atom. The largest absolute Gasteiger partial charge is 0.508 e. The van der Waals surface area contributed by atoms with Crippen molar-refractivity contribution in [2.24, 2.45) is 5.14 Å². The summed E-state index contributed by atoms with van der Waals surface area (Å²) >= 11 is 0. The van der Waals surface area contributed by atoms with Gasteiger partial charge in [0.2, 0.25) is 0 Å². The molecule has 3 N–H and O–H groups in total. The van der Waals surface area contributed by atoms with Crippen LogP contribution in [0.4, 0.5) is 0 Å². The molecule has 1 aliphatic heterocycles. The van der Waals surface area contributed by atoms with Crippen molar-refractivity contribution in [3.63, 3.8) is 0 Å². The van der Waals surface area contributed by atoms with Crippen molar-refractivity contribution in [2.75, 3.05) is 26.2 Å². The molecule has 1 fully saturated rings. The number of piperazine rings is 1. The summed E-state index contributed by atoms with van der Waals surface area (Å²) in [5, 5.41) is 14.4. The Morgan fingerprint density at radius 1 is 1.25 bits per heavy atom. The van der Waals surface area contributed by atoms with Crippen LogP contribution in [-0.2, 0) is 10.2 Å². The van der Waals surface area contributed by atoms with Crippen LogP contribution in [-0.4, -0.2) is 54.8 Å². The molecule has 2 rings (SSSR count). The zero-order chi connectivity index (χ0) is 14.9. The van der Waals surface area contributed by atoms with E-state index in [1.54, 1.807) is 17.9 Å². The van der Waals surface area contributed by atoms with Crippen LogP contribution in [0.3, 0.4) is 0 Å². The van der Waals surface area contributed by atoms with Crippen LogP contribution in [0.1, 0.15) is 15.9 Å². The highest BCUT2D eigenvalue weighted by Crippen LogP contribution is 2.18. The van der Waals surface area contributed by atoms with Gasteiger partial charge in [0.15, 0.2) is 0 Å². The van der Waals surface area contributed by atoms with Gasteiger partial charge in [0.1, 0.15) is 5.75 Å². The minimum absolute atomic E-state index is 0.109. The third-order valence-corrected chi connectivity index (χ3v) is 4.41. The first kappa shape index (κ1) is 14.8. The fraction of sp³-hybridized carbons (Fsp3) is 0.417. The van der Waals surface area contributed by atoms with E-state index in [1.165, 1.54) is 12.1 Å². The van der Waals surface area contributed by atoms with Crippen LogP contribution in [0.5, 0.6) is 5.75 Å². The molecule has 1 aliphatic rings. The van der Waals surface area contributed by atoms with E-state index in [2.05, 4.69) is 0 Å². The zero-order valence-corrected chi connectivity index (χ0v) is 11.9. The summed E-state index contributed by atoms with van der Waals surface area (Å²) in [5.41, 5.74) is 1.19. The molecule has 0 radical (unpaired) electrons. The molecule has 1 aromatic rings. The Morgan fingerprint density at radius 3 is 2.35 bits per heavy atom. The highest BCUT2D eigenvalue weighted by atomic mass is 32.2. The van der Waals surface area contributed by atoms with Gasteiger partial charge in [-0.3, -0.25) is 4.79 Å². The molecule has 1 aromatic carbocycles. The van der Waals surface area contributed by atoms with Gasteiger partial charge in [-0.05, 0) is 30.7 Å². The standard InChI is InChI=1S/C12H17N3O4S/c1-9-8-10(16)2-3-11(9)12(17)14-4-6-15(7-5-14)20(13,18)19/h2-3,8,16H,4-7H2,1H3,(H2,13,18,19). The average Bonchev–Trinajstić information content (AvgIpc) is 2.37. The number of benzene rings is 1. The molecule has 0 bridgehead atoms. The molecule has 1 amide bonds. The van der Waals surface area contributed by atoms with Crippen LogP contribution in [0, 0.1) is 6.92 Å². The molecular weight excluding hydrogens is 282 g/mol. The topological polar surface area (TPSA) is 104 Å². The Balaban J connectivity index is 2.09. The predicted octanol–water partition coefficient (Wildman–Crippen LogP) is -0.338. The Hall–Kier alpha value is -1.64. The normalized spacial score (nSPS) is 17.2. The lowest BCUT2D eigenvalue weighted by molar-refractivity contribution is 0.0697. The van der Waals surface area contributed by atoms with Crippen LogP contribution < -0.4 is 5.14 Å². The predicted molar refractivity (Wildman–Crippen MR) is 73.4 cm³/mol. The molecule has 1 heterocycles. The third kappa shape index (κ3) is 3.09. The molecule has 110 valence electrons. The highest BCUT2D eigenvalue weighted by Gasteiger charge is 2.27. The fourth-order valence-corrected chi connectivity index (χ4v) is 2.88. The quantitative estimate of drug-likeness (QED) is 0.779. The molecule has 0 aromatic heterocycles. The van der Waals surface area contributed by atoms with Gasteiger partial charge in [0.25, 0.3) is 16.1 Å². The number of aromatic hydroxyl groups is 1. The smallest absolute Gasteiger partial charge is 0.277 e. The van der Waals surface area contributed by atoms with Crippen LogP contribution in [0.25, 0.3) is 0 Å². The summed E-state index contributed by atoms with van der Waals surface area (Å²) in [7, 11) is -3.69. The van der Waals surface area contributed by atoms with E-state index in [-0.39, 0.29) is 24.7 Å². The second-order valence-electron chi connectivity index (χ2n) is 4.74. The second kappa shape index (κ2) is 5.39. The van der Waals surface area contributed by atoms with Crippen molar-refractivity contribution in [3.05, 3.63) is 29.3 Å². The summed E-state index contributed by atoms with van der Waals surface area (Å²) < 4.78 is 23.5. The Kier molecular flexibility index (Phi) is 3.98. The van der Waals surface area contributed by atoms with Crippen molar-refractivity contribution >= 4 is 16.1 Å². The molecule has 0 saturated carbocycles. The summed E-state index contributed by atoms with van der Waals surface area (Å²) in [6.45, 7) is 2.74. The van der Waals surface area contributed by atoms with E-state index in [4.69, 9.17) is 5.14 Å². The molecule has 0 unspecified atom stereocenters. The van der Waals surface area contributed by atoms with E-state index in [9.17, 15) is 18.3 Å². The minimum Gasteiger partial charge on any atom is -0.508 e. The van der Waals surface area contributed by atoms with E-state index >= 15 is 0 Å². The highest BCUT2D eigenvalue weighted by molar-refractivity contribution is 7.86. The van der Waals surface area contributed by atoms with Crippen LogP contribution >= 0.6 is 0 Å². The molecule has 0 atom stereocenters. The van der Waals surface area contributed by atoms with Gasteiger partial charge >= 0.3 is 0 Å².